The molecule has 4 aromatic heterocycles. The number of sulfonamides is 1. The van der Waals surface area contributed by atoms with E-state index in [1.54, 1.807) is 37.6 Å². The zero-order valence-electron chi connectivity index (χ0n) is 20.1. The number of fused-ring (bicyclic) bond motifs is 1. The quantitative estimate of drug-likeness (QED) is 0.387. The summed E-state index contributed by atoms with van der Waals surface area (Å²) in [6.45, 7) is 5.53. The van der Waals surface area contributed by atoms with Crippen molar-refractivity contribution in [2.75, 3.05) is 53.9 Å². The summed E-state index contributed by atoms with van der Waals surface area (Å²) in [5.74, 6) is 1.32. The Morgan fingerprint density at radius 3 is 2.47 bits per heavy atom. The standard InChI is InChI=1S/C24H27N9O2S/c1-3-36(34,35)31-18-7-9-25-20(14-18)23-22-17(6-8-26-23)15-28-24(30-22)29-19-4-5-21(27-16-19)33-12-10-32(2)11-13-33/h4-9,14-16H,3,10-13H2,1-2H3,(H,25,31)(H,28,29,30). The van der Waals surface area contributed by atoms with Gasteiger partial charge < -0.3 is 15.1 Å². The van der Waals surface area contributed by atoms with Gasteiger partial charge in [-0.1, -0.05) is 0 Å². The summed E-state index contributed by atoms with van der Waals surface area (Å²) in [5.41, 5.74) is 2.81. The van der Waals surface area contributed by atoms with Gasteiger partial charge in [0.05, 0.1) is 29.0 Å². The Morgan fingerprint density at radius 1 is 0.917 bits per heavy atom. The highest BCUT2D eigenvalue weighted by Gasteiger charge is 2.16. The Morgan fingerprint density at radius 2 is 1.72 bits per heavy atom. The molecule has 0 spiro atoms. The van der Waals surface area contributed by atoms with Crippen LogP contribution in [0.5, 0.6) is 0 Å². The third-order valence-electron chi connectivity index (χ3n) is 5.99. The number of nitrogens with one attached hydrogen (secondary N) is 2. The topological polar surface area (TPSA) is 129 Å². The van der Waals surface area contributed by atoms with Crippen molar-refractivity contribution in [3.05, 3.63) is 55.1 Å². The first-order valence-electron chi connectivity index (χ1n) is 11.7. The summed E-state index contributed by atoms with van der Waals surface area (Å²) in [6, 6.07) is 9.02. The van der Waals surface area contributed by atoms with Crippen molar-refractivity contribution < 1.29 is 8.42 Å². The molecule has 11 nitrogen and oxygen atoms in total. The third kappa shape index (κ3) is 5.34. The van der Waals surface area contributed by atoms with E-state index in [1.165, 1.54) is 6.20 Å². The van der Waals surface area contributed by atoms with Crippen molar-refractivity contribution in [2.24, 2.45) is 0 Å². The van der Waals surface area contributed by atoms with E-state index in [0.717, 1.165) is 43.1 Å². The minimum Gasteiger partial charge on any atom is -0.354 e. The fourth-order valence-electron chi connectivity index (χ4n) is 3.89. The number of pyridine rings is 3. The lowest BCUT2D eigenvalue weighted by Crippen LogP contribution is -2.44. The minimum atomic E-state index is -3.41. The molecule has 1 aliphatic rings. The lowest BCUT2D eigenvalue weighted by Gasteiger charge is -2.33. The van der Waals surface area contributed by atoms with Crippen molar-refractivity contribution in [3.63, 3.8) is 0 Å². The number of anilines is 4. The third-order valence-corrected chi connectivity index (χ3v) is 7.29. The molecular weight excluding hydrogens is 478 g/mol. The molecule has 36 heavy (non-hydrogen) atoms. The molecule has 1 aliphatic heterocycles. The van der Waals surface area contributed by atoms with Gasteiger partial charge in [0.2, 0.25) is 16.0 Å². The summed E-state index contributed by atoms with van der Waals surface area (Å²) in [4.78, 5) is 27.2. The Kier molecular flexibility index (Phi) is 6.61. The summed E-state index contributed by atoms with van der Waals surface area (Å²) in [5, 5.41) is 4.00. The van der Waals surface area contributed by atoms with E-state index in [0.29, 0.717) is 28.5 Å². The monoisotopic (exact) mass is 505 g/mol. The molecule has 2 N–H and O–H groups in total. The van der Waals surface area contributed by atoms with Crippen LogP contribution in [0.1, 0.15) is 6.92 Å². The number of rotatable bonds is 7. The average molecular weight is 506 g/mol. The zero-order chi connectivity index (χ0) is 25.1. The number of piperazine rings is 1. The lowest BCUT2D eigenvalue weighted by molar-refractivity contribution is 0.312. The van der Waals surface area contributed by atoms with E-state index in [4.69, 9.17) is 0 Å². The second-order valence-electron chi connectivity index (χ2n) is 8.55. The molecule has 0 unspecified atom stereocenters. The smallest absolute Gasteiger partial charge is 0.232 e. The fraction of sp³-hybridized carbons (Fsp3) is 0.292. The van der Waals surface area contributed by atoms with Crippen LogP contribution in [0.2, 0.25) is 0 Å². The summed E-state index contributed by atoms with van der Waals surface area (Å²) < 4.78 is 26.5. The van der Waals surface area contributed by atoms with Gasteiger partial charge >= 0.3 is 0 Å². The van der Waals surface area contributed by atoms with Crippen molar-refractivity contribution in [2.45, 2.75) is 6.92 Å². The van der Waals surface area contributed by atoms with Crippen LogP contribution in [0.3, 0.4) is 0 Å². The molecule has 0 atom stereocenters. The Labute approximate surface area is 209 Å². The molecule has 1 saturated heterocycles. The minimum absolute atomic E-state index is 0.0232. The van der Waals surface area contributed by atoms with Gasteiger partial charge in [0.25, 0.3) is 0 Å². The molecule has 0 aliphatic carbocycles. The molecule has 4 aromatic rings. The molecule has 1 fully saturated rings. The predicted molar refractivity (Wildman–Crippen MR) is 141 cm³/mol. The Balaban J connectivity index is 1.40. The van der Waals surface area contributed by atoms with Crippen LogP contribution in [-0.4, -0.2) is 77.2 Å². The number of hydrogen-bond donors (Lipinski definition) is 2. The van der Waals surface area contributed by atoms with Gasteiger partial charge in [0.1, 0.15) is 17.0 Å². The summed E-state index contributed by atoms with van der Waals surface area (Å²) >= 11 is 0. The summed E-state index contributed by atoms with van der Waals surface area (Å²) in [7, 11) is -1.29. The number of aromatic nitrogens is 5. The van der Waals surface area contributed by atoms with Crippen LogP contribution in [0, 0.1) is 0 Å². The Hall–Kier alpha value is -3.90. The molecule has 186 valence electrons. The summed E-state index contributed by atoms with van der Waals surface area (Å²) in [6.07, 6.45) is 6.68. The van der Waals surface area contributed by atoms with Crippen LogP contribution in [0.4, 0.5) is 23.1 Å². The van der Waals surface area contributed by atoms with Crippen molar-refractivity contribution in [1.29, 1.82) is 0 Å². The molecule has 5 rings (SSSR count). The highest BCUT2D eigenvalue weighted by Crippen LogP contribution is 2.27. The SMILES string of the molecule is CCS(=O)(=O)Nc1ccnc(-c2nccc3cnc(Nc4ccc(N5CCN(C)CC5)nc4)nc23)c1. The largest absolute Gasteiger partial charge is 0.354 e. The normalized spacial score (nSPS) is 14.7. The van der Waals surface area contributed by atoms with Crippen molar-refractivity contribution >= 4 is 44.1 Å². The van der Waals surface area contributed by atoms with Crippen molar-refractivity contribution in [1.82, 2.24) is 29.8 Å². The van der Waals surface area contributed by atoms with E-state index >= 15 is 0 Å². The molecule has 0 amide bonds. The van der Waals surface area contributed by atoms with Crippen molar-refractivity contribution in [3.8, 4) is 11.4 Å². The first-order chi connectivity index (χ1) is 17.4. The molecule has 5 heterocycles. The molecule has 0 aromatic carbocycles. The van der Waals surface area contributed by atoms with E-state index in [-0.39, 0.29) is 5.75 Å². The van der Waals surface area contributed by atoms with Gasteiger partial charge in [-0.05, 0) is 44.3 Å². The average Bonchev–Trinajstić information content (AvgIpc) is 2.89. The highest BCUT2D eigenvalue weighted by molar-refractivity contribution is 7.92. The second-order valence-corrected chi connectivity index (χ2v) is 10.6. The first-order valence-corrected chi connectivity index (χ1v) is 13.3. The fourth-order valence-corrected chi connectivity index (χ4v) is 4.52. The van der Waals surface area contributed by atoms with Gasteiger partial charge in [0, 0.05) is 50.2 Å². The van der Waals surface area contributed by atoms with Gasteiger partial charge in [-0.25, -0.2) is 23.4 Å². The molecule has 0 saturated carbocycles. The molecule has 0 bridgehead atoms. The maximum absolute atomic E-state index is 12.0. The second kappa shape index (κ2) is 9.99. The van der Waals surface area contributed by atoms with E-state index < -0.39 is 10.0 Å². The van der Waals surface area contributed by atoms with Gasteiger partial charge in [-0.3, -0.25) is 14.7 Å². The van der Waals surface area contributed by atoms with Crippen LogP contribution < -0.4 is 14.9 Å². The zero-order valence-corrected chi connectivity index (χ0v) is 20.9. The van der Waals surface area contributed by atoms with Gasteiger partial charge in [-0.15, -0.1) is 0 Å². The Bertz CT molecular complexity index is 1470. The maximum atomic E-state index is 12.0. The van der Waals surface area contributed by atoms with Crippen LogP contribution in [-0.2, 0) is 10.0 Å². The van der Waals surface area contributed by atoms with Crippen LogP contribution >= 0.6 is 0 Å². The lowest BCUT2D eigenvalue weighted by atomic mass is 10.2. The van der Waals surface area contributed by atoms with Crippen LogP contribution in [0.25, 0.3) is 22.3 Å². The van der Waals surface area contributed by atoms with Gasteiger partial charge in [-0.2, -0.15) is 0 Å². The number of hydrogen-bond acceptors (Lipinski definition) is 10. The molecular formula is C24H27N9O2S. The highest BCUT2D eigenvalue weighted by atomic mass is 32.2. The maximum Gasteiger partial charge on any atom is 0.232 e. The molecule has 0 radical (unpaired) electrons. The molecule has 12 heteroatoms. The number of nitrogens with zero attached hydrogens (tertiary/aromatic N) is 7. The predicted octanol–water partition coefficient (Wildman–Crippen LogP) is 2.74. The first kappa shape index (κ1) is 23.8. The van der Waals surface area contributed by atoms with E-state index in [9.17, 15) is 8.42 Å². The number of likely N-dealkylation sites (N-methyl/N-ethyl adjacent to an activating group) is 1. The van der Waals surface area contributed by atoms with E-state index in [1.807, 2.05) is 18.2 Å². The van der Waals surface area contributed by atoms with E-state index in [2.05, 4.69) is 51.8 Å². The van der Waals surface area contributed by atoms with Gasteiger partial charge in [0.15, 0.2) is 0 Å². The van der Waals surface area contributed by atoms with Crippen LogP contribution in [0.15, 0.2) is 55.1 Å².